The fourth-order valence-corrected chi connectivity index (χ4v) is 5.38. The van der Waals surface area contributed by atoms with E-state index in [1.165, 1.54) is 96.3 Å². The third-order valence-corrected chi connectivity index (χ3v) is 7.93. The van der Waals surface area contributed by atoms with Crippen molar-refractivity contribution >= 4 is 18.3 Å². The van der Waals surface area contributed by atoms with E-state index in [1.54, 1.807) is 0 Å². The van der Waals surface area contributed by atoms with Gasteiger partial charge in [0.25, 0.3) is 0 Å². The van der Waals surface area contributed by atoms with E-state index in [1.807, 2.05) is 18.2 Å². The van der Waals surface area contributed by atoms with E-state index in [0.29, 0.717) is 6.42 Å². The Hall–Kier alpha value is -1.30. The summed E-state index contributed by atoms with van der Waals surface area (Å²) in [4.78, 5) is 14.7. The number of nitrogens with zero attached hydrogens (tertiary/aromatic N) is 1. The summed E-state index contributed by atoms with van der Waals surface area (Å²) >= 11 is 0. The minimum Gasteiger partial charge on any atom is -0.493 e. The Morgan fingerprint density at radius 3 is 1.95 bits per heavy atom. The Morgan fingerprint density at radius 2 is 1.35 bits per heavy atom. The second kappa shape index (κ2) is 26.6. The fourth-order valence-electron chi connectivity index (χ4n) is 5.38. The van der Waals surface area contributed by atoms with Crippen molar-refractivity contribution in [2.24, 2.45) is 0 Å². The summed E-state index contributed by atoms with van der Waals surface area (Å²) in [7, 11) is 0. The normalized spacial score (nSPS) is 13.6. The molecule has 0 aliphatic carbocycles. The third kappa shape index (κ3) is 19.7. The molecule has 1 N–H and O–H groups in total. The minimum absolute atomic E-state index is 0. The molecule has 5 nitrogen and oxygen atoms in total. The standard InChI is InChI=1S/C34H60N2O3.ClH/c1-2-3-4-5-6-7-8-9-10-11-12-13-14-15-16-19-29-39-33-22-18-17-21-32(33)23-24-34(37)35-25-20-26-36-27-30-38-31-28-36;/h17-18,21-22H,2-16,19-20,23-31H2,1H3,(H,35,37);1H. The maximum atomic E-state index is 12.3. The number of halogens is 1. The van der Waals surface area contributed by atoms with Crippen LogP contribution in [0.1, 0.15) is 128 Å². The number of nitrogens with one attached hydrogen (secondary N) is 1. The van der Waals surface area contributed by atoms with Gasteiger partial charge in [0.1, 0.15) is 5.75 Å². The molecular formula is C34H61ClN2O3. The average Bonchev–Trinajstić information content (AvgIpc) is 2.97. The summed E-state index contributed by atoms with van der Waals surface area (Å²) in [5, 5.41) is 3.08. The van der Waals surface area contributed by atoms with Crippen molar-refractivity contribution in [3.63, 3.8) is 0 Å². The molecule has 1 aromatic carbocycles. The smallest absolute Gasteiger partial charge is 0.220 e. The molecule has 0 bridgehead atoms. The quantitative estimate of drug-likeness (QED) is 0.118. The molecule has 0 spiro atoms. The van der Waals surface area contributed by atoms with E-state index >= 15 is 0 Å². The molecule has 0 saturated carbocycles. The van der Waals surface area contributed by atoms with Gasteiger partial charge < -0.3 is 14.8 Å². The number of carbonyl (C=O) groups is 1. The van der Waals surface area contributed by atoms with E-state index in [0.717, 1.165) is 76.6 Å². The lowest BCUT2D eigenvalue weighted by Gasteiger charge is -2.26. The maximum absolute atomic E-state index is 12.3. The molecule has 0 unspecified atom stereocenters. The van der Waals surface area contributed by atoms with E-state index < -0.39 is 0 Å². The Balaban J connectivity index is 0.00000800. The number of benzene rings is 1. The molecule has 1 aromatic rings. The van der Waals surface area contributed by atoms with E-state index in [2.05, 4.69) is 23.2 Å². The van der Waals surface area contributed by atoms with Gasteiger partial charge in [0.05, 0.1) is 19.8 Å². The molecule has 0 aromatic heterocycles. The number of hydrogen-bond acceptors (Lipinski definition) is 4. The first-order valence-electron chi connectivity index (χ1n) is 16.6. The van der Waals surface area contributed by atoms with E-state index in [-0.39, 0.29) is 18.3 Å². The highest BCUT2D eigenvalue weighted by molar-refractivity contribution is 5.85. The van der Waals surface area contributed by atoms with Gasteiger partial charge in [-0.1, -0.05) is 121 Å². The summed E-state index contributed by atoms with van der Waals surface area (Å²) in [5.41, 5.74) is 1.14. The van der Waals surface area contributed by atoms with Crippen LogP contribution in [0.5, 0.6) is 5.75 Å². The zero-order valence-electron chi connectivity index (χ0n) is 25.8. The Labute approximate surface area is 252 Å². The minimum atomic E-state index is 0. The largest absolute Gasteiger partial charge is 0.493 e. The SMILES string of the molecule is CCCCCCCCCCCCCCCCCCOc1ccccc1CCC(=O)NCCCN1CCOCC1.Cl. The predicted octanol–water partition coefficient (Wildman–Crippen LogP) is 8.52. The zero-order valence-corrected chi connectivity index (χ0v) is 26.6. The van der Waals surface area contributed by atoms with Gasteiger partial charge in [-0.15, -0.1) is 12.4 Å². The summed E-state index contributed by atoms with van der Waals surface area (Å²) in [6.07, 6.45) is 24.3. The van der Waals surface area contributed by atoms with Crippen LogP contribution in [0.15, 0.2) is 24.3 Å². The molecule has 40 heavy (non-hydrogen) atoms. The molecule has 1 heterocycles. The van der Waals surface area contributed by atoms with Crippen LogP contribution in [0.2, 0.25) is 0 Å². The van der Waals surface area contributed by atoms with E-state index in [4.69, 9.17) is 9.47 Å². The molecular weight excluding hydrogens is 520 g/mol. The van der Waals surface area contributed by atoms with Crippen LogP contribution in [-0.2, 0) is 16.0 Å². The number of amides is 1. The van der Waals surface area contributed by atoms with Crippen LogP contribution >= 0.6 is 12.4 Å². The average molecular weight is 581 g/mol. The van der Waals surface area contributed by atoms with Crippen LogP contribution in [-0.4, -0.2) is 56.8 Å². The summed E-state index contributed by atoms with van der Waals surface area (Å²) in [6, 6.07) is 8.20. The molecule has 0 atom stereocenters. The second-order valence-corrected chi connectivity index (χ2v) is 11.4. The van der Waals surface area contributed by atoms with Crippen molar-refractivity contribution in [2.45, 2.75) is 129 Å². The van der Waals surface area contributed by atoms with Crippen LogP contribution in [0.25, 0.3) is 0 Å². The van der Waals surface area contributed by atoms with Gasteiger partial charge in [-0.3, -0.25) is 9.69 Å². The first-order valence-corrected chi connectivity index (χ1v) is 16.6. The highest BCUT2D eigenvalue weighted by Crippen LogP contribution is 2.20. The lowest BCUT2D eigenvalue weighted by atomic mass is 10.0. The van der Waals surface area contributed by atoms with Crippen molar-refractivity contribution in [2.75, 3.05) is 46.0 Å². The summed E-state index contributed by atoms with van der Waals surface area (Å²) in [6.45, 7) is 8.49. The Bertz CT molecular complexity index is 712. The molecule has 2 rings (SSSR count). The number of carbonyl (C=O) groups excluding carboxylic acids is 1. The molecule has 1 fully saturated rings. The van der Waals surface area contributed by atoms with Crippen molar-refractivity contribution < 1.29 is 14.3 Å². The lowest BCUT2D eigenvalue weighted by molar-refractivity contribution is -0.121. The first kappa shape index (κ1) is 36.7. The molecule has 1 aliphatic rings. The lowest BCUT2D eigenvalue weighted by Crippen LogP contribution is -2.38. The number of hydrogen-bond donors (Lipinski definition) is 1. The van der Waals surface area contributed by atoms with Crippen molar-refractivity contribution in [3.8, 4) is 5.75 Å². The van der Waals surface area contributed by atoms with Gasteiger partial charge in [-0.25, -0.2) is 0 Å². The molecule has 6 heteroatoms. The topological polar surface area (TPSA) is 50.8 Å². The number of ether oxygens (including phenoxy) is 2. The van der Waals surface area contributed by atoms with Gasteiger partial charge in [-0.2, -0.15) is 0 Å². The molecule has 1 saturated heterocycles. The number of morpholine rings is 1. The Morgan fingerprint density at radius 1 is 0.800 bits per heavy atom. The second-order valence-electron chi connectivity index (χ2n) is 11.4. The van der Waals surface area contributed by atoms with Crippen LogP contribution in [0.3, 0.4) is 0 Å². The van der Waals surface area contributed by atoms with Crippen LogP contribution < -0.4 is 10.1 Å². The first-order chi connectivity index (χ1) is 19.3. The van der Waals surface area contributed by atoms with Gasteiger partial charge in [0.2, 0.25) is 5.91 Å². The van der Waals surface area contributed by atoms with Crippen LogP contribution in [0, 0.1) is 0 Å². The molecule has 1 amide bonds. The number of para-hydroxylation sites is 1. The number of aryl methyl sites for hydroxylation is 1. The number of unbranched alkanes of at least 4 members (excludes halogenated alkanes) is 15. The maximum Gasteiger partial charge on any atom is 0.220 e. The predicted molar refractivity (Wildman–Crippen MR) is 172 cm³/mol. The van der Waals surface area contributed by atoms with Crippen molar-refractivity contribution in [1.82, 2.24) is 10.2 Å². The summed E-state index contributed by atoms with van der Waals surface area (Å²) < 4.78 is 11.5. The van der Waals surface area contributed by atoms with Crippen molar-refractivity contribution in [1.29, 1.82) is 0 Å². The van der Waals surface area contributed by atoms with Gasteiger partial charge in [-0.05, 0) is 37.4 Å². The molecule has 0 radical (unpaired) electrons. The molecule has 1 aliphatic heterocycles. The molecule has 232 valence electrons. The van der Waals surface area contributed by atoms with Gasteiger partial charge in [0, 0.05) is 26.1 Å². The van der Waals surface area contributed by atoms with Crippen molar-refractivity contribution in [3.05, 3.63) is 29.8 Å². The number of rotatable bonds is 25. The highest BCUT2D eigenvalue weighted by Gasteiger charge is 2.10. The monoisotopic (exact) mass is 580 g/mol. The van der Waals surface area contributed by atoms with E-state index in [9.17, 15) is 4.79 Å². The zero-order chi connectivity index (χ0) is 27.6. The van der Waals surface area contributed by atoms with Gasteiger partial charge in [0.15, 0.2) is 0 Å². The highest BCUT2D eigenvalue weighted by atomic mass is 35.5. The third-order valence-electron chi connectivity index (χ3n) is 7.93. The van der Waals surface area contributed by atoms with Crippen LogP contribution in [0.4, 0.5) is 0 Å². The fraction of sp³-hybridized carbons (Fsp3) is 0.794. The Kier molecular flexibility index (Phi) is 24.4. The summed E-state index contributed by atoms with van der Waals surface area (Å²) in [5.74, 6) is 1.07. The van der Waals surface area contributed by atoms with Gasteiger partial charge >= 0.3 is 0 Å².